The van der Waals surface area contributed by atoms with Crippen molar-refractivity contribution >= 4 is 33.1 Å². The van der Waals surface area contributed by atoms with Crippen LogP contribution in [0.3, 0.4) is 0 Å². The topological polar surface area (TPSA) is 78.3 Å². The van der Waals surface area contributed by atoms with Gasteiger partial charge in [0, 0.05) is 30.9 Å². The van der Waals surface area contributed by atoms with Crippen LogP contribution in [0.15, 0.2) is 24.7 Å². The molecule has 5 rings (SSSR count). The molecule has 4 aromatic heterocycles. The number of carbonyl (C=O) groups excluding carboxylic acids is 1. The van der Waals surface area contributed by atoms with Gasteiger partial charge >= 0.3 is 0 Å². The smallest absolute Gasteiger partial charge is 0.264 e. The van der Waals surface area contributed by atoms with Crippen LogP contribution in [0.5, 0.6) is 0 Å². The number of amides is 1. The molecule has 1 amide bonds. The molecule has 7 nitrogen and oxygen atoms in total. The maximum atomic E-state index is 13.0. The van der Waals surface area contributed by atoms with Crippen LogP contribution in [-0.2, 0) is 0 Å². The van der Waals surface area contributed by atoms with E-state index in [1.807, 2.05) is 28.7 Å². The highest BCUT2D eigenvalue weighted by atomic mass is 32.1. The van der Waals surface area contributed by atoms with Gasteiger partial charge in [0.2, 0.25) is 0 Å². The second-order valence-electron chi connectivity index (χ2n) is 8.39. The molecule has 1 unspecified atom stereocenters. The lowest BCUT2D eigenvalue weighted by Crippen LogP contribution is -2.33. The molecule has 0 saturated carbocycles. The Balaban J connectivity index is 1.57. The maximum Gasteiger partial charge on any atom is 0.264 e. The second kappa shape index (κ2) is 7.21. The molecule has 1 aliphatic heterocycles. The van der Waals surface area contributed by atoms with Gasteiger partial charge < -0.3 is 15.2 Å². The molecule has 0 aromatic carbocycles. The fourth-order valence-corrected chi connectivity index (χ4v) is 5.73. The van der Waals surface area contributed by atoms with E-state index >= 15 is 0 Å². The first-order chi connectivity index (χ1) is 14.5. The van der Waals surface area contributed by atoms with Crippen LogP contribution in [-0.4, -0.2) is 56.6 Å². The van der Waals surface area contributed by atoms with Gasteiger partial charge in [0.05, 0.1) is 20.8 Å². The van der Waals surface area contributed by atoms with Gasteiger partial charge in [-0.25, -0.2) is 9.50 Å². The van der Waals surface area contributed by atoms with Gasteiger partial charge in [0.15, 0.2) is 5.65 Å². The van der Waals surface area contributed by atoms with E-state index < -0.39 is 0 Å². The van der Waals surface area contributed by atoms with E-state index in [4.69, 9.17) is 0 Å². The normalized spacial score (nSPS) is 17.1. The number of pyridine rings is 1. The van der Waals surface area contributed by atoms with Crippen LogP contribution >= 0.6 is 11.3 Å². The number of aromatic amines is 1. The van der Waals surface area contributed by atoms with E-state index in [0.717, 1.165) is 52.4 Å². The average Bonchev–Trinajstić information content (AvgIpc) is 3.48. The zero-order valence-corrected chi connectivity index (χ0v) is 18.5. The summed E-state index contributed by atoms with van der Waals surface area (Å²) < 4.78 is 2.99. The van der Waals surface area contributed by atoms with E-state index in [-0.39, 0.29) is 5.91 Å². The van der Waals surface area contributed by atoms with Crippen molar-refractivity contribution in [3.8, 4) is 11.3 Å². The van der Waals surface area contributed by atoms with Gasteiger partial charge in [-0.3, -0.25) is 4.79 Å². The Morgan fingerprint density at radius 3 is 2.93 bits per heavy atom. The van der Waals surface area contributed by atoms with Crippen LogP contribution in [0, 0.1) is 6.92 Å². The van der Waals surface area contributed by atoms with Gasteiger partial charge in [-0.15, -0.1) is 11.3 Å². The third kappa shape index (κ3) is 3.02. The summed E-state index contributed by atoms with van der Waals surface area (Å²) in [5.41, 5.74) is 6.42. The van der Waals surface area contributed by atoms with Crippen molar-refractivity contribution in [3.63, 3.8) is 0 Å². The lowest BCUT2D eigenvalue weighted by atomic mass is 9.99. The molecule has 156 valence electrons. The van der Waals surface area contributed by atoms with Crippen LogP contribution in [0.4, 0.5) is 0 Å². The number of fused-ring (bicyclic) bond motifs is 2. The SMILES string of the molecule is CNC1CCN(C(=O)c2cc3[nH]c(-c4cc(C)c5ncnn5c4)c(C(C)C)c3s2)C1. The Hall–Kier alpha value is -2.71. The molecule has 1 atom stereocenters. The molecule has 5 heterocycles. The van der Waals surface area contributed by atoms with Gasteiger partial charge in [0.25, 0.3) is 5.91 Å². The summed E-state index contributed by atoms with van der Waals surface area (Å²) >= 11 is 1.60. The molecule has 1 saturated heterocycles. The van der Waals surface area contributed by atoms with E-state index in [2.05, 4.69) is 47.2 Å². The lowest BCUT2D eigenvalue weighted by molar-refractivity contribution is 0.0794. The van der Waals surface area contributed by atoms with Crippen LogP contribution in [0.1, 0.15) is 47.0 Å². The molecule has 1 aliphatic rings. The van der Waals surface area contributed by atoms with Crippen molar-refractivity contribution in [1.29, 1.82) is 0 Å². The Bertz CT molecular complexity index is 1250. The highest BCUT2D eigenvalue weighted by Gasteiger charge is 2.28. The van der Waals surface area contributed by atoms with Crippen molar-refractivity contribution in [2.45, 2.75) is 39.2 Å². The highest BCUT2D eigenvalue weighted by molar-refractivity contribution is 7.21. The first-order valence-electron chi connectivity index (χ1n) is 10.4. The number of likely N-dealkylation sites (tertiary alicyclic amines) is 1. The van der Waals surface area contributed by atoms with Gasteiger partial charge in [-0.2, -0.15) is 5.10 Å². The van der Waals surface area contributed by atoms with E-state index in [0.29, 0.717) is 12.0 Å². The third-order valence-corrected chi connectivity index (χ3v) is 7.18. The number of nitrogens with zero attached hydrogens (tertiary/aromatic N) is 4. The minimum Gasteiger partial charge on any atom is -0.354 e. The average molecular weight is 423 g/mol. The molecule has 2 N–H and O–H groups in total. The number of likely N-dealkylation sites (N-methyl/N-ethyl adjacent to an activating group) is 1. The van der Waals surface area contributed by atoms with Gasteiger partial charge in [-0.1, -0.05) is 13.8 Å². The molecule has 8 heteroatoms. The van der Waals surface area contributed by atoms with E-state index in [1.54, 1.807) is 17.7 Å². The van der Waals surface area contributed by atoms with Crippen molar-refractivity contribution in [3.05, 3.63) is 40.7 Å². The molecule has 1 fully saturated rings. The fraction of sp³-hybridized carbons (Fsp3) is 0.409. The number of aryl methyl sites for hydroxylation is 1. The van der Waals surface area contributed by atoms with E-state index in [1.165, 1.54) is 10.3 Å². The largest absolute Gasteiger partial charge is 0.354 e. The predicted molar refractivity (Wildman–Crippen MR) is 120 cm³/mol. The Morgan fingerprint density at radius 1 is 1.37 bits per heavy atom. The molecule has 4 aromatic rings. The summed E-state index contributed by atoms with van der Waals surface area (Å²) in [4.78, 5) is 23.7. The summed E-state index contributed by atoms with van der Waals surface area (Å²) in [7, 11) is 1.96. The van der Waals surface area contributed by atoms with Gasteiger partial charge in [0.1, 0.15) is 6.33 Å². The summed E-state index contributed by atoms with van der Waals surface area (Å²) in [6.07, 6.45) is 4.61. The minimum absolute atomic E-state index is 0.137. The Kier molecular flexibility index (Phi) is 4.63. The van der Waals surface area contributed by atoms with Crippen molar-refractivity contribution in [1.82, 2.24) is 29.8 Å². The number of H-pyrrole nitrogens is 1. The molecule has 0 radical (unpaired) electrons. The highest BCUT2D eigenvalue weighted by Crippen LogP contribution is 2.40. The molecular weight excluding hydrogens is 396 g/mol. The first kappa shape index (κ1) is 19.3. The number of aromatic nitrogens is 4. The standard InChI is InChI=1S/C22H26N6OS/c1-12(2)18-19(14-7-13(3)21-24-11-25-28(21)9-14)26-16-8-17(30-20(16)18)22(29)27-6-5-15(10-27)23-4/h7-9,11-12,15,23,26H,5-6,10H2,1-4H3. The number of rotatable bonds is 4. The Labute approximate surface area is 179 Å². The minimum atomic E-state index is 0.137. The third-order valence-electron chi connectivity index (χ3n) is 6.03. The Morgan fingerprint density at radius 2 is 2.20 bits per heavy atom. The van der Waals surface area contributed by atoms with Crippen molar-refractivity contribution < 1.29 is 4.79 Å². The zero-order valence-electron chi connectivity index (χ0n) is 17.7. The molecule has 0 bridgehead atoms. The lowest BCUT2D eigenvalue weighted by Gasteiger charge is -2.15. The summed E-state index contributed by atoms with van der Waals surface area (Å²) in [5, 5.41) is 7.59. The monoisotopic (exact) mass is 422 g/mol. The van der Waals surface area contributed by atoms with Crippen LogP contribution < -0.4 is 5.32 Å². The molecule has 0 aliphatic carbocycles. The summed E-state index contributed by atoms with van der Waals surface area (Å²) in [6.45, 7) is 8.05. The molecule has 0 spiro atoms. The number of thiophene rings is 1. The second-order valence-corrected chi connectivity index (χ2v) is 9.44. The van der Waals surface area contributed by atoms with Crippen molar-refractivity contribution in [2.75, 3.05) is 20.1 Å². The fourth-order valence-electron chi connectivity index (χ4n) is 4.45. The predicted octanol–water partition coefficient (Wildman–Crippen LogP) is 3.80. The molecular formula is C22H26N6OS. The summed E-state index contributed by atoms with van der Waals surface area (Å²) in [6, 6.07) is 4.57. The number of hydrogen-bond acceptors (Lipinski definition) is 5. The number of hydrogen-bond donors (Lipinski definition) is 2. The number of nitrogens with one attached hydrogen (secondary N) is 2. The quantitative estimate of drug-likeness (QED) is 0.524. The van der Waals surface area contributed by atoms with Gasteiger partial charge in [-0.05, 0) is 49.6 Å². The molecule has 30 heavy (non-hydrogen) atoms. The van der Waals surface area contributed by atoms with Crippen molar-refractivity contribution in [2.24, 2.45) is 0 Å². The van der Waals surface area contributed by atoms with Crippen LogP contribution in [0.25, 0.3) is 27.1 Å². The first-order valence-corrected chi connectivity index (χ1v) is 11.2. The summed E-state index contributed by atoms with van der Waals surface area (Å²) in [5.74, 6) is 0.459. The van der Waals surface area contributed by atoms with E-state index in [9.17, 15) is 4.79 Å². The van der Waals surface area contributed by atoms with Crippen LogP contribution in [0.2, 0.25) is 0 Å². The maximum absolute atomic E-state index is 13.0. The zero-order chi connectivity index (χ0) is 21.0. The number of carbonyl (C=O) groups is 1.